The normalized spacial score (nSPS) is 20.4. The quantitative estimate of drug-likeness (QED) is 0.601. The Morgan fingerprint density at radius 1 is 1.11 bits per heavy atom. The number of carbonyl (C=O) groups excluding carboxylic acids is 3. The molecule has 1 atom stereocenters. The number of aryl methyl sites for hydroxylation is 1. The van der Waals surface area contributed by atoms with E-state index in [1.165, 1.54) is 33.6 Å². The number of furan rings is 1. The first-order valence-electron chi connectivity index (χ1n) is 12.9. The fourth-order valence-electron chi connectivity index (χ4n) is 5.41. The highest BCUT2D eigenvalue weighted by molar-refractivity contribution is 5.97. The molecule has 0 spiro atoms. The molecule has 7 nitrogen and oxygen atoms in total. The minimum atomic E-state index is -0.910. The van der Waals surface area contributed by atoms with Crippen molar-refractivity contribution in [2.75, 3.05) is 19.7 Å². The van der Waals surface area contributed by atoms with Crippen molar-refractivity contribution < 1.29 is 23.5 Å². The van der Waals surface area contributed by atoms with E-state index in [-0.39, 0.29) is 35.5 Å². The van der Waals surface area contributed by atoms with Crippen molar-refractivity contribution in [2.45, 2.75) is 84.1 Å². The average molecular weight is 495 g/mol. The fraction of sp³-hybridized carbons (Fsp3) is 0.552. The van der Waals surface area contributed by atoms with Crippen LogP contribution >= 0.6 is 0 Å². The maximum absolute atomic E-state index is 13.3. The number of rotatable bonds is 6. The van der Waals surface area contributed by atoms with Gasteiger partial charge in [0, 0.05) is 19.5 Å². The Morgan fingerprint density at radius 2 is 1.78 bits per heavy atom. The molecule has 4 rings (SSSR count). The van der Waals surface area contributed by atoms with E-state index in [4.69, 9.17) is 9.15 Å². The van der Waals surface area contributed by atoms with Gasteiger partial charge in [-0.2, -0.15) is 0 Å². The van der Waals surface area contributed by atoms with Crippen molar-refractivity contribution in [1.29, 1.82) is 0 Å². The van der Waals surface area contributed by atoms with Crippen molar-refractivity contribution in [3.8, 4) is 0 Å². The number of nitrogens with zero attached hydrogens (tertiary/aromatic N) is 1. The Morgan fingerprint density at radius 3 is 2.44 bits per heavy atom. The van der Waals surface area contributed by atoms with Crippen LogP contribution in [-0.2, 0) is 31.6 Å². The molecule has 2 aromatic rings. The van der Waals surface area contributed by atoms with Crippen LogP contribution in [-0.4, -0.2) is 48.4 Å². The lowest BCUT2D eigenvalue weighted by molar-refractivity contribution is -0.147. The predicted molar refractivity (Wildman–Crippen MR) is 137 cm³/mol. The maximum Gasteiger partial charge on any atom is 0.308 e. The molecule has 1 saturated heterocycles. The third-order valence-electron chi connectivity index (χ3n) is 7.80. The molecule has 0 bridgehead atoms. The lowest BCUT2D eigenvalue weighted by Crippen LogP contribution is -2.57. The van der Waals surface area contributed by atoms with Gasteiger partial charge in [0.25, 0.3) is 5.91 Å². The highest BCUT2D eigenvalue weighted by Crippen LogP contribution is 2.46. The highest BCUT2D eigenvalue weighted by Gasteiger charge is 2.38. The molecule has 194 valence electrons. The summed E-state index contributed by atoms with van der Waals surface area (Å²) < 4.78 is 11.0. The third kappa shape index (κ3) is 5.06. The number of carbonyl (C=O) groups is 3. The SMILES string of the molecule is CCOC(=O)CC1C(=O)NCCN1C(=O)c1ccc(Cc2cc3c(cc2C)C(C)(C)CCC3(C)C)o1. The summed E-state index contributed by atoms with van der Waals surface area (Å²) in [5.41, 5.74) is 5.48. The second-order valence-corrected chi connectivity index (χ2v) is 11.3. The van der Waals surface area contributed by atoms with Gasteiger partial charge in [-0.1, -0.05) is 39.8 Å². The summed E-state index contributed by atoms with van der Waals surface area (Å²) in [5.74, 6) is -0.394. The number of piperazine rings is 1. The summed E-state index contributed by atoms with van der Waals surface area (Å²) in [6.45, 7) is 14.0. The van der Waals surface area contributed by atoms with E-state index < -0.39 is 17.9 Å². The Bertz CT molecular complexity index is 1180. The summed E-state index contributed by atoms with van der Waals surface area (Å²) in [6, 6.07) is 7.22. The van der Waals surface area contributed by atoms with E-state index >= 15 is 0 Å². The van der Waals surface area contributed by atoms with Gasteiger partial charge in [0.05, 0.1) is 13.0 Å². The van der Waals surface area contributed by atoms with Crippen molar-refractivity contribution in [3.05, 3.63) is 58.0 Å². The van der Waals surface area contributed by atoms with Gasteiger partial charge in [-0.05, 0) is 71.9 Å². The minimum absolute atomic E-state index is 0.111. The lowest BCUT2D eigenvalue weighted by atomic mass is 9.62. The Balaban J connectivity index is 1.56. The van der Waals surface area contributed by atoms with Gasteiger partial charge in [0.1, 0.15) is 11.8 Å². The smallest absolute Gasteiger partial charge is 0.308 e. The fourth-order valence-corrected chi connectivity index (χ4v) is 5.41. The molecule has 1 aromatic carbocycles. The molecule has 1 N–H and O–H groups in total. The first-order valence-corrected chi connectivity index (χ1v) is 12.9. The van der Waals surface area contributed by atoms with E-state index in [0.29, 0.717) is 25.3 Å². The summed E-state index contributed by atoms with van der Waals surface area (Å²) in [4.78, 5) is 39.1. The van der Waals surface area contributed by atoms with Crippen molar-refractivity contribution in [1.82, 2.24) is 10.2 Å². The number of nitrogens with one attached hydrogen (secondary N) is 1. The second-order valence-electron chi connectivity index (χ2n) is 11.3. The first kappa shape index (κ1) is 26.0. The lowest BCUT2D eigenvalue weighted by Gasteiger charge is -2.42. The third-order valence-corrected chi connectivity index (χ3v) is 7.80. The van der Waals surface area contributed by atoms with E-state index in [1.807, 2.05) is 6.07 Å². The van der Waals surface area contributed by atoms with Gasteiger partial charge in [-0.25, -0.2) is 0 Å². The summed E-state index contributed by atoms with van der Waals surface area (Å²) in [6.07, 6.45) is 2.71. The van der Waals surface area contributed by atoms with Gasteiger partial charge >= 0.3 is 5.97 Å². The molecule has 1 unspecified atom stereocenters. The van der Waals surface area contributed by atoms with E-state index in [9.17, 15) is 14.4 Å². The molecule has 0 radical (unpaired) electrons. The Kier molecular flexibility index (Phi) is 7.04. The zero-order chi connectivity index (χ0) is 26.3. The number of hydrogen-bond donors (Lipinski definition) is 1. The molecule has 1 aromatic heterocycles. The number of amides is 2. The number of esters is 1. The van der Waals surface area contributed by atoms with Gasteiger partial charge in [0.2, 0.25) is 5.91 Å². The molecule has 36 heavy (non-hydrogen) atoms. The van der Waals surface area contributed by atoms with Crippen molar-refractivity contribution >= 4 is 17.8 Å². The Labute approximate surface area is 213 Å². The molecule has 2 aliphatic rings. The van der Waals surface area contributed by atoms with Crippen LogP contribution < -0.4 is 5.32 Å². The standard InChI is InChI=1S/C29H38N2O5/c1-7-35-25(32)17-23-26(33)30-12-13-31(23)27(34)24-9-8-20(36-24)15-19-16-22-21(14-18(19)2)28(3,4)10-11-29(22,5)6/h8-9,14,16,23H,7,10-13,15,17H2,1-6H3,(H,30,33). The van der Waals surface area contributed by atoms with Gasteiger partial charge < -0.3 is 19.4 Å². The number of hydrogen-bond acceptors (Lipinski definition) is 5. The molecule has 1 aliphatic heterocycles. The van der Waals surface area contributed by atoms with Crippen LogP contribution in [0.15, 0.2) is 28.7 Å². The topological polar surface area (TPSA) is 88.9 Å². The predicted octanol–water partition coefficient (Wildman–Crippen LogP) is 4.42. The molecular weight excluding hydrogens is 456 g/mol. The van der Waals surface area contributed by atoms with Crippen LogP contribution in [0.25, 0.3) is 0 Å². The van der Waals surface area contributed by atoms with E-state index in [0.717, 1.165) is 6.42 Å². The average Bonchev–Trinajstić information content (AvgIpc) is 3.28. The molecule has 2 amide bonds. The summed E-state index contributed by atoms with van der Waals surface area (Å²) in [7, 11) is 0. The largest absolute Gasteiger partial charge is 0.466 e. The maximum atomic E-state index is 13.3. The summed E-state index contributed by atoms with van der Waals surface area (Å²) >= 11 is 0. The molecular formula is C29H38N2O5. The summed E-state index contributed by atoms with van der Waals surface area (Å²) in [5, 5.41) is 2.73. The molecule has 2 heterocycles. The van der Waals surface area contributed by atoms with E-state index in [2.05, 4.69) is 52.1 Å². The number of fused-ring (bicyclic) bond motifs is 1. The zero-order valence-electron chi connectivity index (χ0n) is 22.3. The van der Waals surface area contributed by atoms with Crippen LogP contribution in [0.5, 0.6) is 0 Å². The monoisotopic (exact) mass is 494 g/mol. The van der Waals surface area contributed by atoms with E-state index in [1.54, 1.807) is 13.0 Å². The molecule has 7 heteroatoms. The highest BCUT2D eigenvalue weighted by atomic mass is 16.5. The number of ether oxygens (including phenoxy) is 1. The second kappa shape index (κ2) is 9.75. The van der Waals surface area contributed by atoms with Crippen LogP contribution in [0.1, 0.15) is 92.4 Å². The van der Waals surface area contributed by atoms with Gasteiger partial charge in [-0.15, -0.1) is 0 Å². The van der Waals surface area contributed by atoms with Crippen LogP contribution in [0.4, 0.5) is 0 Å². The zero-order valence-corrected chi connectivity index (χ0v) is 22.3. The molecule has 1 aliphatic carbocycles. The van der Waals surface area contributed by atoms with Gasteiger partial charge in [0.15, 0.2) is 5.76 Å². The van der Waals surface area contributed by atoms with Crippen LogP contribution in [0, 0.1) is 6.92 Å². The number of benzene rings is 1. The first-order chi connectivity index (χ1) is 16.9. The van der Waals surface area contributed by atoms with Crippen LogP contribution in [0.2, 0.25) is 0 Å². The molecule has 1 fully saturated rings. The minimum Gasteiger partial charge on any atom is -0.466 e. The van der Waals surface area contributed by atoms with Crippen molar-refractivity contribution in [2.24, 2.45) is 0 Å². The Hall–Kier alpha value is -3.09. The van der Waals surface area contributed by atoms with Crippen LogP contribution in [0.3, 0.4) is 0 Å². The van der Waals surface area contributed by atoms with Gasteiger partial charge in [-0.3, -0.25) is 14.4 Å². The van der Waals surface area contributed by atoms with Crippen molar-refractivity contribution in [3.63, 3.8) is 0 Å². The molecule has 0 saturated carbocycles.